The van der Waals surface area contributed by atoms with Gasteiger partial charge in [-0.3, -0.25) is 0 Å². The SMILES string of the molecule is CC(C)(C)c1cc2c(NCC3CCCN3)nccn2n1. The zero-order valence-electron chi connectivity index (χ0n) is 12.5. The van der Waals surface area contributed by atoms with Crippen molar-refractivity contribution in [1.82, 2.24) is 19.9 Å². The summed E-state index contributed by atoms with van der Waals surface area (Å²) in [5.74, 6) is 0.921. The first kappa shape index (κ1) is 13.4. The lowest BCUT2D eigenvalue weighted by atomic mass is 9.92. The monoisotopic (exact) mass is 273 g/mol. The molecule has 5 heteroatoms. The molecule has 108 valence electrons. The molecule has 2 aromatic rings. The molecule has 0 bridgehead atoms. The van der Waals surface area contributed by atoms with Gasteiger partial charge in [-0.25, -0.2) is 9.50 Å². The lowest BCUT2D eigenvalue weighted by Crippen LogP contribution is -2.29. The van der Waals surface area contributed by atoms with E-state index >= 15 is 0 Å². The second-order valence-electron chi connectivity index (χ2n) is 6.56. The maximum Gasteiger partial charge on any atom is 0.152 e. The van der Waals surface area contributed by atoms with E-state index in [2.05, 4.69) is 47.6 Å². The van der Waals surface area contributed by atoms with Crippen LogP contribution in [0.3, 0.4) is 0 Å². The maximum atomic E-state index is 4.65. The van der Waals surface area contributed by atoms with Crippen molar-refractivity contribution < 1.29 is 0 Å². The molecular formula is C15H23N5. The highest BCUT2D eigenvalue weighted by Crippen LogP contribution is 2.24. The molecule has 1 aliphatic heterocycles. The number of hydrogen-bond donors (Lipinski definition) is 2. The first-order chi connectivity index (χ1) is 9.54. The Labute approximate surface area is 119 Å². The Bertz CT molecular complexity index is 590. The molecule has 20 heavy (non-hydrogen) atoms. The standard InChI is InChI=1S/C15H23N5/c1-15(2,3)13-9-12-14(17-7-8-20(12)19-13)18-10-11-5-4-6-16-11/h7-9,11,16H,4-6,10H2,1-3H3,(H,17,18). The van der Waals surface area contributed by atoms with Crippen molar-refractivity contribution in [2.45, 2.75) is 45.1 Å². The van der Waals surface area contributed by atoms with Crippen LogP contribution in [0.2, 0.25) is 0 Å². The first-order valence-electron chi connectivity index (χ1n) is 7.36. The molecule has 1 fully saturated rings. The third-order valence-electron chi connectivity index (χ3n) is 3.84. The number of nitrogens with one attached hydrogen (secondary N) is 2. The average Bonchev–Trinajstić information content (AvgIpc) is 3.04. The molecule has 0 spiro atoms. The van der Waals surface area contributed by atoms with Crippen LogP contribution >= 0.6 is 0 Å². The fourth-order valence-electron chi connectivity index (χ4n) is 2.58. The highest BCUT2D eigenvalue weighted by molar-refractivity contribution is 5.68. The van der Waals surface area contributed by atoms with Gasteiger partial charge in [0.1, 0.15) is 5.52 Å². The molecule has 0 aliphatic carbocycles. The second-order valence-corrected chi connectivity index (χ2v) is 6.56. The van der Waals surface area contributed by atoms with Gasteiger partial charge in [0, 0.05) is 30.4 Å². The summed E-state index contributed by atoms with van der Waals surface area (Å²) in [6.07, 6.45) is 6.22. The van der Waals surface area contributed by atoms with Gasteiger partial charge in [0.25, 0.3) is 0 Å². The van der Waals surface area contributed by atoms with Crippen LogP contribution < -0.4 is 10.6 Å². The van der Waals surface area contributed by atoms with Gasteiger partial charge >= 0.3 is 0 Å². The fourth-order valence-corrected chi connectivity index (χ4v) is 2.58. The van der Waals surface area contributed by atoms with Gasteiger partial charge in [-0.15, -0.1) is 0 Å². The zero-order chi connectivity index (χ0) is 14.2. The van der Waals surface area contributed by atoms with Gasteiger partial charge in [0.2, 0.25) is 0 Å². The first-order valence-corrected chi connectivity index (χ1v) is 7.36. The molecule has 2 N–H and O–H groups in total. The summed E-state index contributed by atoms with van der Waals surface area (Å²) in [5.41, 5.74) is 2.19. The van der Waals surface area contributed by atoms with Crippen LogP contribution in [0.15, 0.2) is 18.5 Å². The van der Waals surface area contributed by atoms with Crippen molar-refractivity contribution >= 4 is 11.3 Å². The van der Waals surface area contributed by atoms with Gasteiger partial charge in [-0.1, -0.05) is 20.8 Å². The minimum absolute atomic E-state index is 0.0519. The molecule has 0 saturated carbocycles. The van der Waals surface area contributed by atoms with Crippen LogP contribution in [0.1, 0.15) is 39.3 Å². The lowest BCUT2D eigenvalue weighted by Gasteiger charge is -2.13. The van der Waals surface area contributed by atoms with Gasteiger partial charge < -0.3 is 10.6 Å². The van der Waals surface area contributed by atoms with Crippen molar-refractivity contribution in [3.63, 3.8) is 0 Å². The highest BCUT2D eigenvalue weighted by Gasteiger charge is 2.19. The van der Waals surface area contributed by atoms with E-state index < -0.39 is 0 Å². The van der Waals surface area contributed by atoms with E-state index in [1.54, 1.807) is 6.20 Å². The summed E-state index contributed by atoms with van der Waals surface area (Å²) in [6.45, 7) is 8.58. The number of fused-ring (bicyclic) bond motifs is 1. The van der Waals surface area contributed by atoms with Crippen molar-refractivity contribution in [3.05, 3.63) is 24.2 Å². The summed E-state index contributed by atoms with van der Waals surface area (Å²) in [6, 6.07) is 2.69. The molecule has 1 aliphatic rings. The van der Waals surface area contributed by atoms with Gasteiger partial charge in [0.05, 0.1) is 5.69 Å². The predicted octanol–water partition coefficient (Wildman–Crippen LogP) is 2.19. The normalized spacial score (nSPS) is 19.6. The van der Waals surface area contributed by atoms with E-state index in [9.17, 15) is 0 Å². The van der Waals surface area contributed by atoms with Crippen LogP contribution in [-0.4, -0.2) is 33.7 Å². The molecule has 1 saturated heterocycles. The zero-order valence-corrected chi connectivity index (χ0v) is 12.5. The Morgan fingerprint density at radius 3 is 3.00 bits per heavy atom. The van der Waals surface area contributed by atoms with Crippen LogP contribution in [-0.2, 0) is 5.41 Å². The largest absolute Gasteiger partial charge is 0.367 e. The van der Waals surface area contributed by atoms with Crippen LogP contribution in [0.5, 0.6) is 0 Å². The molecule has 3 rings (SSSR count). The number of aromatic nitrogens is 3. The van der Waals surface area contributed by atoms with Crippen molar-refractivity contribution in [3.8, 4) is 0 Å². The van der Waals surface area contributed by atoms with E-state index in [-0.39, 0.29) is 5.41 Å². The van der Waals surface area contributed by atoms with E-state index in [0.717, 1.165) is 30.1 Å². The Morgan fingerprint density at radius 2 is 2.30 bits per heavy atom. The molecule has 5 nitrogen and oxygen atoms in total. The number of rotatable bonds is 3. The highest BCUT2D eigenvalue weighted by atomic mass is 15.2. The minimum atomic E-state index is 0.0519. The Balaban J connectivity index is 1.84. The fraction of sp³-hybridized carbons (Fsp3) is 0.600. The maximum absolute atomic E-state index is 4.65. The lowest BCUT2D eigenvalue weighted by molar-refractivity contribution is 0.562. The molecule has 2 aromatic heterocycles. The van der Waals surface area contributed by atoms with Crippen molar-refractivity contribution in [2.24, 2.45) is 0 Å². The van der Waals surface area contributed by atoms with Crippen LogP contribution in [0, 0.1) is 0 Å². The molecule has 1 unspecified atom stereocenters. The Kier molecular flexibility index (Phi) is 3.38. The molecule has 1 atom stereocenters. The topological polar surface area (TPSA) is 54.2 Å². The Hall–Kier alpha value is -1.62. The average molecular weight is 273 g/mol. The number of hydrogen-bond acceptors (Lipinski definition) is 4. The van der Waals surface area contributed by atoms with Crippen LogP contribution in [0.4, 0.5) is 5.82 Å². The summed E-state index contributed by atoms with van der Waals surface area (Å²) < 4.78 is 1.91. The second kappa shape index (κ2) is 5.05. The molecular weight excluding hydrogens is 250 g/mol. The quantitative estimate of drug-likeness (QED) is 0.900. The van der Waals surface area contributed by atoms with E-state index in [1.807, 2.05) is 10.7 Å². The van der Waals surface area contributed by atoms with E-state index in [4.69, 9.17) is 0 Å². The minimum Gasteiger partial charge on any atom is -0.367 e. The van der Waals surface area contributed by atoms with Gasteiger partial charge in [-0.05, 0) is 25.5 Å². The third kappa shape index (κ3) is 2.63. The van der Waals surface area contributed by atoms with Crippen LogP contribution in [0.25, 0.3) is 5.52 Å². The summed E-state index contributed by atoms with van der Waals surface area (Å²) in [7, 11) is 0. The summed E-state index contributed by atoms with van der Waals surface area (Å²) in [4.78, 5) is 4.46. The predicted molar refractivity (Wildman–Crippen MR) is 81.2 cm³/mol. The van der Waals surface area contributed by atoms with E-state index in [0.29, 0.717) is 6.04 Å². The van der Waals surface area contributed by atoms with Crippen molar-refractivity contribution in [1.29, 1.82) is 0 Å². The number of nitrogens with zero attached hydrogens (tertiary/aromatic N) is 3. The molecule has 0 amide bonds. The van der Waals surface area contributed by atoms with Gasteiger partial charge in [0.15, 0.2) is 5.82 Å². The third-order valence-corrected chi connectivity index (χ3v) is 3.84. The molecule has 3 heterocycles. The smallest absolute Gasteiger partial charge is 0.152 e. The Morgan fingerprint density at radius 1 is 1.45 bits per heavy atom. The summed E-state index contributed by atoms with van der Waals surface area (Å²) in [5, 5.41) is 11.6. The molecule has 0 aromatic carbocycles. The van der Waals surface area contributed by atoms with Crippen molar-refractivity contribution in [2.75, 3.05) is 18.4 Å². The molecule has 0 radical (unpaired) electrons. The number of anilines is 1. The van der Waals surface area contributed by atoms with E-state index in [1.165, 1.54) is 12.8 Å². The van der Waals surface area contributed by atoms with Gasteiger partial charge in [-0.2, -0.15) is 5.10 Å². The summed E-state index contributed by atoms with van der Waals surface area (Å²) >= 11 is 0.